The highest BCUT2D eigenvalue weighted by molar-refractivity contribution is 5.98. The summed E-state index contributed by atoms with van der Waals surface area (Å²) in [5.74, 6) is 0.615. The molecule has 0 bridgehead atoms. The van der Waals surface area contributed by atoms with Crippen molar-refractivity contribution < 1.29 is 19.1 Å². The number of hydrogen-bond acceptors (Lipinski definition) is 4. The third-order valence-corrected chi connectivity index (χ3v) is 6.15. The molecule has 2 aromatic heterocycles. The lowest BCUT2D eigenvalue weighted by molar-refractivity contribution is -0.885. The van der Waals surface area contributed by atoms with Crippen LogP contribution in [-0.4, -0.2) is 30.3 Å². The van der Waals surface area contributed by atoms with Crippen molar-refractivity contribution in [1.29, 1.82) is 0 Å². The number of hydrogen-bond donors (Lipinski definition) is 2. The van der Waals surface area contributed by atoms with Gasteiger partial charge < -0.3 is 10.1 Å². The number of aromatic amines is 1. The Morgan fingerprint density at radius 2 is 1.67 bits per heavy atom. The number of amides is 1. The molecule has 0 radical (unpaired) electrons. The van der Waals surface area contributed by atoms with Crippen molar-refractivity contribution in [3.05, 3.63) is 101 Å². The van der Waals surface area contributed by atoms with Gasteiger partial charge >= 0.3 is 0 Å². The molecule has 0 aliphatic carbocycles. The fraction of sp³-hybridized carbons (Fsp3) is 0.276. The second kappa shape index (κ2) is 10.2. The van der Waals surface area contributed by atoms with Crippen LogP contribution in [0.15, 0.2) is 73.1 Å². The summed E-state index contributed by atoms with van der Waals surface area (Å²) in [4.78, 5) is 17.3. The van der Waals surface area contributed by atoms with E-state index in [-0.39, 0.29) is 17.4 Å². The molecule has 0 spiro atoms. The Hall–Kier alpha value is -4.13. The number of carbonyl (C=O) groups excluding carboxylic acids is 1. The molecule has 36 heavy (non-hydrogen) atoms. The van der Waals surface area contributed by atoms with Crippen molar-refractivity contribution in [3.8, 4) is 16.9 Å². The molecular weight excluding hydrogens is 452 g/mol. The number of benzene rings is 2. The minimum absolute atomic E-state index is 0.118. The second-order valence-electron chi connectivity index (χ2n) is 9.76. The number of nitrogens with zero attached hydrogens (tertiary/aromatic N) is 2. The van der Waals surface area contributed by atoms with Crippen molar-refractivity contribution >= 4 is 5.91 Å². The average molecular weight is 486 g/mol. The van der Waals surface area contributed by atoms with E-state index in [0.29, 0.717) is 5.69 Å². The molecule has 2 aromatic carbocycles. The van der Waals surface area contributed by atoms with Crippen LogP contribution < -0.4 is 19.6 Å². The molecule has 2 N–H and O–H groups in total. The molecule has 0 fully saturated rings. The quantitative estimate of drug-likeness (QED) is 0.416. The van der Waals surface area contributed by atoms with E-state index < -0.39 is 0 Å². The number of methoxy groups -OCH3 is 1. The molecule has 1 atom stereocenters. The number of pyridine rings is 1. The Morgan fingerprint density at radius 3 is 2.33 bits per heavy atom. The monoisotopic (exact) mass is 485 g/mol. The molecule has 0 saturated heterocycles. The highest BCUT2D eigenvalue weighted by Gasteiger charge is 2.39. The van der Waals surface area contributed by atoms with Gasteiger partial charge in [0.2, 0.25) is 12.4 Å². The summed E-state index contributed by atoms with van der Waals surface area (Å²) in [5, 5.41) is 10.2. The molecule has 186 valence electrons. The van der Waals surface area contributed by atoms with Gasteiger partial charge in [-0.3, -0.25) is 14.7 Å². The van der Waals surface area contributed by atoms with Crippen molar-refractivity contribution in [2.45, 2.75) is 39.2 Å². The summed E-state index contributed by atoms with van der Waals surface area (Å²) in [7, 11) is 3.29. The van der Waals surface area contributed by atoms with Crippen molar-refractivity contribution in [2.24, 2.45) is 0 Å². The second-order valence-corrected chi connectivity index (χ2v) is 9.76. The van der Waals surface area contributed by atoms with Crippen LogP contribution in [-0.2, 0) is 5.41 Å². The van der Waals surface area contributed by atoms with Crippen LogP contribution >= 0.6 is 0 Å². The molecule has 7 heteroatoms. The van der Waals surface area contributed by atoms with E-state index in [4.69, 9.17) is 9.57 Å². The zero-order chi connectivity index (χ0) is 25.9. The number of H-pyrrole nitrogens is 1. The van der Waals surface area contributed by atoms with E-state index in [2.05, 4.69) is 73.5 Å². The number of aryl methyl sites for hydroxylation is 1. The van der Waals surface area contributed by atoms with Crippen LogP contribution in [0.1, 0.15) is 59.7 Å². The molecule has 4 aromatic rings. The minimum Gasteiger partial charge on any atom is -0.496 e. The first kappa shape index (κ1) is 25.0. The number of fused-ring (bicyclic) bond motifs is 1. The summed E-state index contributed by atoms with van der Waals surface area (Å²) in [6.45, 7) is 8.39. The summed E-state index contributed by atoms with van der Waals surface area (Å²) >= 11 is 0. The Bertz CT molecular complexity index is 1350. The molecular formula is C29H33N4O3+. The highest BCUT2D eigenvalue weighted by atomic mass is 16.6. The minimum atomic E-state index is -0.225. The van der Waals surface area contributed by atoms with Gasteiger partial charge in [-0.05, 0) is 24.6 Å². The van der Waals surface area contributed by atoms with E-state index >= 15 is 0 Å². The number of rotatable bonds is 4. The summed E-state index contributed by atoms with van der Waals surface area (Å²) in [6.07, 6.45) is 3.84. The lowest BCUT2D eigenvalue weighted by Gasteiger charge is -2.22. The first-order valence-electron chi connectivity index (χ1n) is 11.9. The largest absolute Gasteiger partial charge is 0.496 e. The van der Waals surface area contributed by atoms with E-state index in [9.17, 15) is 4.79 Å². The maximum Gasteiger partial charge on any atom is 0.272 e. The van der Waals surface area contributed by atoms with E-state index in [0.717, 1.165) is 28.1 Å². The summed E-state index contributed by atoms with van der Waals surface area (Å²) in [5.41, 5.74) is 6.84. The van der Waals surface area contributed by atoms with Crippen molar-refractivity contribution in [2.75, 3.05) is 14.2 Å². The summed E-state index contributed by atoms with van der Waals surface area (Å²) < 4.78 is 7.12. The van der Waals surface area contributed by atoms with Gasteiger partial charge in [0, 0.05) is 33.0 Å². The molecule has 1 unspecified atom stereocenters. The Kier molecular flexibility index (Phi) is 7.10. The fourth-order valence-electron chi connectivity index (χ4n) is 4.27. The van der Waals surface area contributed by atoms with Crippen LogP contribution in [0.5, 0.6) is 5.75 Å². The number of carbonyl (C=O) groups is 1. The Morgan fingerprint density at radius 1 is 0.944 bits per heavy atom. The van der Waals surface area contributed by atoms with Crippen LogP contribution in [0.4, 0.5) is 0 Å². The standard InChI is InChI=1S/C16H19N3O2.C13H14NO/c1-16(2,3)14-11-12(17-15(20)13(11)18-19-14)9-7-5-6-8-10(9)21-4;1-11-5-7-12(8-6-11)13-4-3-9-14(10-13)15-2/h5-8,12H,1-4H3,(H,17,20)(H,18,19);3-10H,1-2H3/q;+1. The molecule has 7 nitrogen and oxygen atoms in total. The first-order valence-corrected chi connectivity index (χ1v) is 11.9. The predicted octanol–water partition coefficient (Wildman–Crippen LogP) is 4.56. The SMILES string of the molecule is CO[n+]1cccc(-c2ccc(C)cc2)c1.COc1ccccc1C1NC(=O)c2n[nH]c(C(C)(C)C)c21. The molecule has 1 amide bonds. The van der Waals surface area contributed by atoms with Crippen LogP contribution in [0, 0.1) is 6.92 Å². The lowest BCUT2D eigenvalue weighted by Crippen LogP contribution is -2.39. The van der Waals surface area contributed by atoms with Gasteiger partial charge in [0.1, 0.15) is 12.9 Å². The Labute approximate surface area is 212 Å². The highest BCUT2D eigenvalue weighted by Crippen LogP contribution is 2.39. The molecule has 5 rings (SSSR count). The van der Waals surface area contributed by atoms with E-state index in [1.807, 2.05) is 42.7 Å². The topological polar surface area (TPSA) is 80.1 Å². The Balaban J connectivity index is 0.000000179. The molecule has 0 saturated carbocycles. The van der Waals surface area contributed by atoms with Crippen LogP contribution in [0.3, 0.4) is 0 Å². The van der Waals surface area contributed by atoms with Crippen LogP contribution in [0.25, 0.3) is 11.1 Å². The first-order chi connectivity index (χ1) is 17.2. The average Bonchev–Trinajstić information content (AvgIpc) is 3.46. The zero-order valence-electron chi connectivity index (χ0n) is 21.6. The van der Waals surface area contributed by atoms with Gasteiger partial charge in [-0.25, -0.2) is 0 Å². The van der Waals surface area contributed by atoms with Gasteiger partial charge in [-0.2, -0.15) is 5.10 Å². The van der Waals surface area contributed by atoms with Crippen molar-refractivity contribution in [1.82, 2.24) is 15.5 Å². The maximum absolute atomic E-state index is 12.2. The van der Waals surface area contributed by atoms with Gasteiger partial charge in [0.05, 0.1) is 18.7 Å². The molecule has 3 heterocycles. The fourth-order valence-corrected chi connectivity index (χ4v) is 4.27. The van der Waals surface area contributed by atoms with Gasteiger partial charge in [-0.15, -0.1) is 0 Å². The third kappa shape index (κ3) is 5.10. The number of aromatic nitrogens is 3. The van der Waals surface area contributed by atoms with Gasteiger partial charge in [0.25, 0.3) is 5.91 Å². The molecule has 1 aliphatic rings. The third-order valence-electron chi connectivity index (χ3n) is 6.15. The molecule has 1 aliphatic heterocycles. The van der Waals surface area contributed by atoms with E-state index in [1.54, 1.807) is 19.0 Å². The number of para-hydroxylation sites is 1. The van der Waals surface area contributed by atoms with E-state index in [1.165, 1.54) is 11.1 Å². The zero-order valence-corrected chi connectivity index (χ0v) is 21.6. The van der Waals surface area contributed by atoms with Gasteiger partial charge in [-0.1, -0.05) is 68.8 Å². The van der Waals surface area contributed by atoms with Crippen LogP contribution in [0.2, 0.25) is 0 Å². The maximum atomic E-state index is 12.2. The smallest absolute Gasteiger partial charge is 0.272 e. The number of nitrogens with one attached hydrogen (secondary N) is 2. The number of ether oxygens (including phenoxy) is 1. The van der Waals surface area contributed by atoms with Gasteiger partial charge in [0.15, 0.2) is 5.69 Å². The normalized spacial score (nSPS) is 14.4. The van der Waals surface area contributed by atoms with Crippen molar-refractivity contribution in [3.63, 3.8) is 0 Å². The lowest BCUT2D eigenvalue weighted by atomic mass is 9.86. The predicted molar refractivity (Wildman–Crippen MR) is 139 cm³/mol. The summed E-state index contributed by atoms with van der Waals surface area (Å²) in [6, 6.07) is 20.0.